The Bertz CT molecular complexity index is 432. The zero-order valence-electron chi connectivity index (χ0n) is 10.8. The lowest BCUT2D eigenvalue weighted by Gasteiger charge is -2.13. The van der Waals surface area contributed by atoms with Crippen LogP contribution in [0, 0.1) is 0 Å². The van der Waals surface area contributed by atoms with E-state index in [9.17, 15) is 4.79 Å². The maximum atomic E-state index is 12.0. The highest BCUT2D eigenvalue weighted by atomic mass is 32.2. The number of aromatic nitrogens is 1. The number of hydrogen-bond acceptors (Lipinski definition) is 4. The van der Waals surface area contributed by atoms with Gasteiger partial charge < -0.3 is 10.6 Å². The van der Waals surface area contributed by atoms with Crippen LogP contribution in [0.1, 0.15) is 30.3 Å². The number of nitrogens with one attached hydrogen (secondary N) is 2. The summed E-state index contributed by atoms with van der Waals surface area (Å²) in [5.74, 6) is -0.0879. The molecule has 1 saturated carbocycles. The molecule has 1 aromatic heterocycles. The first-order valence-electron chi connectivity index (χ1n) is 6.22. The van der Waals surface area contributed by atoms with Crippen LogP contribution in [0.2, 0.25) is 0 Å². The van der Waals surface area contributed by atoms with Crippen LogP contribution < -0.4 is 10.6 Å². The van der Waals surface area contributed by atoms with Crippen molar-refractivity contribution in [3.05, 3.63) is 24.0 Å². The van der Waals surface area contributed by atoms with Crippen LogP contribution in [0.4, 0.5) is 5.69 Å². The Morgan fingerprint density at radius 3 is 2.94 bits per heavy atom. The SMILES string of the molecule is CCNc1ccnc(C(=O)NCC2(SC)CC2)c1. The summed E-state index contributed by atoms with van der Waals surface area (Å²) < 4.78 is 0.287. The molecule has 2 N–H and O–H groups in total. The number of anilines is 1. The van der Waals surface area contributed by atoms with Crippen LogP contribution in [0.25, 0.3) is 0 Å². The average molecular weight is 265 g/mol. The largest absolute Gasteiger partial charge is 0.385 e. The highest BCUT2D eigenvalue weighted by Gasteiger charge is 2.41. The molecule has 4 nitrogen and oxygen atoms in total. The molecule has 5 heteroatoms. The Morgan fingerprint density at radius 1 is 1.56 bits per heavy atom. The van der Waals surface area contributed by atoms with E-state index in [-0.39, 0.29) is 10.7 Å². The molecule has 0 aromatic carbocycles. The molecule has 98 valence electrons. The van der Waals surface area contributed by atoms with Crippen molar-refractivity contribution in [1.82, 2.24) is 10.3 Å². The van der Waals surface area contributed by atoms with E-state index in [0.717, 1.165) is 18.8 Å². The number of amides is 1. The van der Waals surface area contributed by atoms with E-state index in [1.807, 2.05) is 24.8 Å². The third kappa shape index (κ3) is 3.16. The standard InChI is InChI=1S/C13H19N3OS/c1-3-14-10-4-7-15-11(8-10)12(17)16-9-13(18-2)5-6-13/h4,7-8H,3,5-6,9H2,1-2H3,(H,14,15)(H,16,17). The second-order valence-electron chi connectivity index (χ2n) is 4.53. The second kappa shape index (κ2) is 5.61. The summed E-state index contributed by atoms with van der Waals surface area (Å²) in [6, 6.07) is 3.65. The fourth-order valence-electron chi connectivity index (χ4n) is 1.79. The van der Waals surface area contributed by atoms with Gasteiger partial charge in [-0.2, -0.15) is 11.8 Å². The zero-order chi connectivity index (χ0) is 13.0. The van der Waals surface area contributed by atoms with E-state index in [0.29, 0.717) is 5.69 Å². The molecule has 0 spiro atoms. The quantitative estimate of drug-likeness (QED) is 0.827. The van der Waals surface area contributed by atoms with Gasteiger partial charge in [-0.1, -0.05) is 0 Å². The first-order valence-corrected chi connectivity index (χ1v) is 7.45. The second-order valence-corrected chi connectivity index (χ2v) is 5.80. The van der Waals surface area contributed by atoms with E-state index in [1.54, 1.807) is 12.3 Å². The van der Waals surface area contributed by atoms with Gasteiger partial charge in [0.2, 0.25) is 0 Å². The lowest BCUT2D eigenvalue weighted by molar-refractivity contribution is 0.0948. The Kier molecular flexibility index (Phi) is 4.11. The van der Waals surface area contributed by atoms with E-state index in [2.05, 4.69) is 21.9 Å². The predicted molar refractivity (Wildman–Crippen MR) is 76.2 cm³/mol. The third-order valence-corrected chi connectivity index (χ3v) is 4.60. The van der Waals surface area contributed by atoms with E-state index < -0.39 is 0 Å². The number of rotatable bonds is 6. The minimum Gasteiger partial charge on any atom is -0.385 e. The summed E-state index contributed by atoms with van der Waals surface area (Å²) in [5.41, 5.74) is 1.41. The topological polar surface area (TPSA) is 54.0 Å². The van der Waals surface area contributed by atoms with Gasteiger partial charge in [0.25, 0.3) is 5.91 Å². The molecule has 1 fully saturated rings. The summed E-state index contributed by atoms with van der Waals surface area (Å²) in [4.78, 5) is 16.1. The molecule has 1 aliphatic rings. The first-order chi connectivity index (χ1) is 8.69. The van der Waals surface area contributed by atoms with Crippen molar-refractivity contribution in [2.75, 3.05) is 24.7 Å². The Balaban J connectivity index is 1.93. The smallest absolute Gasteiger partial charge is 0.270 e. The van der Waals surface area contributed by atoms with E-state index >= 15 is 0 Å². The fraction of sp³-hybridized carbons (Fsp3) is 0.538. The predicted octanol–water partition coefficient (Wildman–Crippen LogP) is 2.14. The lowest BCUT2D eigenvalue weighted by Crippen LogP contribution is -2.32. The first kappa shape index (κ1) is 13.2. The van der Waals surface area contributed by atoms with Gasteiger partial charge in [-0.15, -0.1) is 0 Å². The van der Waals surface area contributed by atoms with Crippen LogP contribution in [0.5, 0.6) is 0 Å². The van der Waals surface area contributed by atoms with Gasteiger partial charge in [0.15, 0.2) is 0 Å². The van der Waals surface area contributed by atoms with Crippen LogP contribution in [-0.4, -0.2) is 35.0 Å². The minimum absolute atomic E-state index is 0.0879. The van der Waals surface area contributed by atoms with E-state index in [1.165, 1.54) is 12.8 Å². The molecule has 2 rings (SSSR count). The van der Waals surface area contributed by atoms with Crippen molar-refractivity contribution >= 4 is 23.4 Å². The molecular formula is C13H19N3OS. The normalized spacial score (nSPS) is 16.1. The minimum atomic E-state index is -0.0879. The van der Waals surface area contributed by atoms with Crippen molar-refractivity contribution in [2.45, 2.75) is 24.5 Å². The molecule has 1 aliphatic carbocycles. The zero-order valence-corrected chi connectivity index (χ0v) is 11.6. The van der Waals surface area contributed by atoms with Gasteiger partial charge in [0, 0.05) is 29.7 Å². The van der Waals surface area contributed by atoms with Crippen LogP contribution in [0.3, 0.4) is 0 Å². The van der Waals surface area contributed by atoms with Crippen LogP contribution in [-0.2, 0) is 0 Å². The monoisotopic (exact) mass is 265 g/mol. The maximum Gasteiger partial charge on any atom is 0.270 e. The molecule has 18 heavy (non-hydrogen) atoms. The van der Waals surface area contributed by atoms with E-state index in [4.69, 9.17) is 0 Å². The maximum absolute atomic E-state index is 12.0. The summed E-state index contributed by atoms with van der Waals surface area (Å²) in [5, 5.41) is 6.15. The van der Waals surface area contributed by atoms with Crippen molar-refractivity contribution in [3.8, 4) is 0 Å². The van der Waals surface area contributed by atoms with Crippen molar-refractivity contribution in [2.24, 2.45) is 0 Å². The highest BCUT2D eigenvalue weighted by Crippen LogP contribution is 2.46. The van der Waals surface area contributed by atoms with Crippen molar-refractivity contribution < 1.29 is 4.79 Å². The Labute approximate surface area is 112 Å². The lowest BCUT2D eigenvalue weighted by atomic mass is 10.3. The highest BCUT2D eigenvalue weighted by molar-refractivity contribution is 8.00. The molecule has 0 unspecified atom stereocenters. The Hall–Kier alpha value is -1.23. The number of pyridine rings is 1. The molecule has 1 heterocycles. The van der Waals surface area contributed by atoms with Gasteiger partial charge in [-0.3, -0.25) is 9.78 Å². The number of carbonyl (C=O) groups excluding carboxylic acids is 1. The molecule has 0 radical (unpaired) electrons. The fourth-order valence-corrected chi connectivity index (χ4v) is 2.52. The van der Waals surface area contributed by atoms with Gasteiger partial charge in [0.05, 0.1) is 0 Å². The molecular weight excluding hydrogens is 246 g/mol. The molecule has 1 aromatic rings. The summed E-state index contributed by atoms with van der Waals surface area (Å²) in [6.45, 7) is 3.59. The third-order valence-electron chi connectivity index (χ3n) is 3.19. The number of thioether (sulfide) groups is 1. The van der Waals surface area contributed by atoms with Crippen molar-refractivity contribution in [3.63, 3.8) is 0 Å². The summed E-state index contributed by atoms with van der Waals surface area (Å²) in [7, 11) is 0. The molecule has 0 aliphatic heterocycles. The van der Waals surface area contributed by atoms with Gasteiger partial charge >= 0.3 is 0 Å². The number of hydrogen-bond donors (Lipinski definition) is 2. The Morgan fingerprint density at radius 2 is 2.33 bits per heavy atom. The molecule has 0 bridgehead atoms. The van der Waals surface area contributed by atoms with Gasteiger partial charge in [0.1, 0.15) is 5.69 Å². The molecule has 0 atom stereocenters. The van der Waals surface area contributed by atoms with Crippen LogP contribution >= 0.6 is 11.8 Å². The summed E-state index contributed by atoms with van der Waals surface area (Å²) in [6.07, 6.45) is 6.15. The van der Waals surface area contributed by atoms with Gasteiger partial charge in [-0.25, -0.2) is 0 Å². The van der Waals surface area contributed by atoms with Gasteiger partial charge in [-0.05, 0) is 38.2 Å². The number of carbonyl (C=O) groups is 1. The van der Waals surface area contributed by atoms with Crippen LogP contribution in [0.15, 0.2) is 18.3 Å². The average Bonchev–Trinajstić information content (AvgIpc) is 3.17. The number of nitrogens with zero attached hydrogens (tertiary/aromatic N) is 1. The molecule has 0 saturated heterocycles. The van der Waals surface area contributed by atoms with Crippen molar-refractivity contribution in [1.29, 1.82) is 0 Å². The molecule has 1 amide bonds. The summed E-state index contributed by atoms with van der Waals surface area (Å²) >= 11 is 1.84.